The van der Waals surface area contributed by atoms with Crippen LogP contribution in [0, 0.1) is 0 Å². The predicted molar refractivity (Wildman–Crippen MR) is 59.4 cm³/mol. The quantitative estimate of drug-likeness (QED) is 0.703. The molecule has 1 aromatic heterocycles. The molecule has 1 aliphatic rings. The van der Waals surface area contributed by atoms with Gasteiger partial charge in [0, 0.05) is 5.39 Å². The van der Waals surface area contributed by atoms with Crippen molar-refractivity contribution in [1.82, 2.24) is 4.98 Å². The molecule has 0 amide bonds. The summed E-state index contributed by atoms with van der Waals surface area (Å²) in [5, 5.41) is 1.07. The Hall–Kier alpha value is -1.87. The normalized spacial score (nSPS) is 18.6. The molecule has 2 heterocycles. The average Bonchev–Trinajstić information content (AvgIpc) is 2.26. The van der Waals surface area contributed by atoms with Crippen molar-refractivity contribution in [3.8, 4) is 5.75 Å². The lowest BCUT2D eigenvalue weighted by molar-refractivity contribution is 0.253. The third kappa shape index (κ3) is 1.37. The fourth-order valence-electron chi connectivity index (χ4n) is 1.70. The molecule has 0 radical (unpaired) electrons. The third-order valence-electron chi connectivity index (χ3n) is 2.42. The van der Waals surface area contributed by atoms with E-state index in [0.717, 1.165) is 22.3 Å². The van der Waals surface area contributed by atoms with E-state index in [1.165, 1.54) is 0 Å². The Morgan fingerprint density at radius 1 is 1.27 bits per heavy atom. The molecule has 3 nitrogen and oxygen atoms in total. The van der Waals surface area contributed by atoms with Gasteiger partial charge in [-0.1, -0.05) is 18.2 Å². The van der Waals surface area contributed by atoms with E-state index < -0.39 is 0 Å². The van der Waals surface area contributed by atoms with Gasteiger partial charge in [-0.3, -0.25) is 5.73 Å². The summed E-state index contributed by atoms with van der Waals surface area (Å²) in [4.78, 5) is 4.48. The van der Waals surface area contributed by atoms with Crippen LogP contribution in [0.4, 0.5) is 0 Å². The lowest BCUT2D eigenvalue weighted by Crippen LogP contribution is -2.26. The lowest BCUT2D eigenvalue weighted by Gasteiger charge is -2.17. The topological polar surface area (TPSA) is 48.1 Å². The first kappa shape index (κ1) is 8.44. The van der Waals surface area contributed by atoms with Gasteiger partial charge in [-0.15, -0.1) is 0 Å². The number of rotatable bonds is 0. The summed E-state index contributed by atoms with van der Waals surface area (Å²) in [6, 6.07) is 9.92. The van der Waals surface area contributed by atoms with Crippen LogP contribution in [-0.2, 0) is 0 Å². The van der Waals surface area contributed by atoms with E-state index in [4.69, 9.17) is 10.5 Å². The molecule has 1 aliphatic heterocycles. The number of benzene rings is 1. The van der Waals surface area contributed by atoms with Gasteiger partial charge < -0.3 is 4.74 Å². The molecular weight excluding hydrogens is 188 g/mol. The minimum Gasteiger partial charge on any atom is -0.470 e. The molecule has 1 unspecified atom stereocenters. The second-order valence-corrected chi connectivity index (χ2v) is 3.51. The zero-order chi connectivity index (χ0) is 10.3. The molecule has 15 heavy (non-hydrogen) atoms. The first-order valence-corrected chi connectivity index (χ1v) is 4.83. The van der Waals surface area contributed by atoms with E-state index in [0.29, 0.717) is 0 Å². The summed E-state index contributed by atoms with van der Waals surface area (Å²) in [5.41, 5.74) is 7.47. The number of nitrogens with zero attached hydrogens (tertiary/aromatic N) is 1. The minimum absolute atomic E-state index is 0.361. The van der Waals surface area contributed by atoms with Gasteiger partial charge in [-0.25, -0.2) is 4.98 Å². The Balaban J connectivity index is 2.26. The lowest BCUT2D eigenvalue weighted by atomic mass is 10.1. The van der Waals surface area contributed by atoms with Crippen molar-refractivity contribution >= 4 is 17.0 Å². The van der Waals surface area contributed by atoms with Gasteiger partial charge in [0.25, 0.3) is 0 Å². The first-order valence-electron chi connectivity index (χ1n) is 4.83. The molecular formula is C12H10N2O. The molecule has 0 bridgehead atoms. The van der Waals surface area contributed by atoms with Crippen molar-refractivity contribution in [2.45, 2.75) is 6.23 Å². The molecule has 2 aromatic rings. The van der Waals surface area contributed by atoms with Gasteiger partial charge in [-0.05, 0) is 24.3 Å². The van der Waals surface area contributed by atoms with Gasteiger partial charge in [0.1, 0.15) is 11.4 Å². The van der Waals surface area contributed by atoms with Crippen LogP contribution in [0.2, 0.25) is 0 Å². The molecule has 3 heteroatoms. The number of nitrogens with two attached hydrogens (primary N) is 1. The number of hydrogen-bond acceptors (Lipinski definition) is 3. The molecule has 2 N–H and O–H groups in total. The fourth-order valence-corrected chi connectivity index (χ4v) is 1.70. The predicted octanol–water partition coefficient (Wildman–Crippen LogP) is 1.93. The third-order valence-corrected chi connectivity index (χ3v) is 2.42. The molecule has 0 aliphatic carbocycles. The van der Waals surface area contributed by atoms with E-state index in [-0.39, 0.29) is 6.23 Å². The number of para-hydroxylation sites is 1. The summed E-state index contributed by atoms with van der Waals surface area (Å²) in [6.07, 6.45) is 3.33. The molecule has 0 saturated carbocycles. The van der Waals surface area contributed by atoms with E-state index in [2.05, 4.69) is 4.98 Å². The summed E-state index contributed by atoms with van der Waals surface area (Å²) in [5.74, 6) is 0.753. The van der Waals surface area contributed by atoms with Crippen LogP contribution in [0.5, 0.6) is 5.75 Å². The Bertz CT molecular complexity index is 548. The molecule has 1 atom stereocenters. The highest BCUT2D eigenvalue weighted by atomic mass is 16.5. The maximum atomic E-state index is 5.66. The largest absolute Gasteiger partial charge is 0.470 e. The van der Waals surface area contributed by atoms with E-state index in [1.54, 1.807) is 6.08 Å². The summed E-state index contributed by atoms with van der Waals surface area (Å²) in [7, 11) is 0. The maximum Gasteiger partial charge on any atom is 0.167 e. The maximum absolute atomic E-state index is 5.66. The Kier molecular flexibility index (Phi) is 1.73. The molecule has 0 spiro atoms. The van der Waals surface area contributed by atoms with Crippen LogP contribution >= 0.6 is 0 Å². The van der Waals surface area contributed by atoms with E-state index in [1.807, 2.05) is 36.4 Å². The minimum atomic E-state index is -0.361. The van der Waals surface area contributed by atoms with Gasteiger partial charge in [-0.2, -0.15) is 0 Å². The van der Waals surface area contributed by atoms with Gasteiger partial charge in [0.05, 0.1) is 5.52 Å². The van der Waals surface area contributed by atoms with Crippen molar-refractivity contribution in [3.63, 3.8) is 0 Å². The molecule has 74 valence electrons. The van der Waals surface area contributed by atoms with Crippen LogP contribution in [0.3, 0.4) is 0 Å². The highest BCUT2D eigenvalue weighted by molar-refractivity contribution is 5.82. The smallest absolute Gasteiger partial charge is 0.167 e. The van der Waals surface area contributed by atoms with Gasteiger partial charge in [0.15, 0.2) is 6.23 Å². The zero-order valence-corrected chi connectivity index (χ0v) is 8.05. The summed E-state index contributed by atoms with van der Waals surface area (Å²) >= 11 is 0. The van der Waals surface area contributed by atoms with Gasteiger partial charge in [0.2, 0.25) is 0 Å². The second-order valence-electron chi connectivity index (χ2n) is 3.51. The highest BCUT2D eigenvalue weighted by Gasteiger charge is 2.12. The Morgan fingerprint density at radius 3 is 3.07 bits per heavy atom. The molecule has 3 rings (SSSR count). The number of hydrogen-bond donors (Lipinski definition) is 1. The van der Waals surface area contributed by atoms with Crippen molar-refractivity contribution < 1.29 is 4.74 Å². The standard InChI is InChI=1S/C12H10N2O/c13-12-6-5-10-11(15-12)7-8-3-1-2-4-9(8)14-10/h1-7,12H,13H2. The monoisotopic (exact) mass is 198 g/mol. The van der Waals surface area contributed by atoms with Crippen molar-refractivity contribution in [2.24, 2.45) is 5.73 Å². The van der Waals surface area contributed by atoms with Crippen LogP contribution < -0.4 is 10.5 Å². The van der Waals surface area contributed by atoms with Crippen molar-refractivity contribution in [2.75, 3.05) is 0 Å². The Labute approximate surface area is 87.2 Å². The molecule has 1 aromatic carbocycles. The van der Waals surface area contributed by atoms with Gasteiger partial charge >= 0.3 is 0 Å². The number of fused-ring (bicyclic) bond motifs is 2. The summed E-state index contributed by atoms with van der Waals surface area (Å²) < 4.78 is 5.47. The van der Waals surface area contributed by atoms with Crippen LogP contribution in [0.15, 0.2) is 36.4 Å². The Morgan fingerprint density at radius 2 is 2.13 bits per heavy atom. The van der Waals surface area contributed by atoms with E-state index >= 15 is 0 Å². The van der Waals surface area contributed by atoms with Crippen LogP contribution in [-0.4, -0.2) is 11.2 Å². The molecule has 0 saturated heterocycles. The molecule has 0 fully saturated rings. The second kappa shape index (κ2) is 3.07. The van der Waals surface area contributed by atoms with Crippen LogP contribution in [0.25, 0.3) is 17.0 Å². The van der Waals surface area contributed by atoms with Crippen molar-refractivity contribution in [3.05, 3.63) is 42.1 Å². The van der Waals surface area contributed by atoms with E-state index in [9.17, 15) is 0 Å². The zero-order valence-electron chi connectivity index (χ0n) is 8.05. The number of aromatic nitrogens is 1. The summed E-state index contributed by atoms with van der Waals surface area (Å²) in [6.45, 7) is 0. The van der Waals surface area contributed by atoms with Crippen LogP contribution in [0.1, 0.15) is 5.69 Å². The first-order chi connectivity index (χ1) is 7.33. The SMILES string of the molecule is NC1C=Cc2nc3ccccc3cc2O1. The number of pyridine rings is 1. The highest BCUT2D eigenvalue weighted by Crippen LogP contribution is 2.27. The van der Waals surface area contributed by atoms with Crippen molar-refractivity contribution in [1.29, 1.82) is 0 Å². The average molecular weight is 198 g/mol. The number of ether oxygens (including phenoxy) is 1. The fraction of sp³-hybridized carbons (Fsp3) is 0.0833.